The van der Waals surface area contributed by atoms with Crippen molar-refractivity contribution in [3.05, 3.63) is 70.3 Å². The number of carbonyl (C=O) groups is 2. The average molecular weight is 711 g/mol. The van der Waals surface area contributed by atoms with Crippen molar-refractivity contribution in [2.75, 3.05) is 56.9 Å². The summed E-state index contributed by atoms with van der Waals surface area (Å²) in [4.78, 5) is 27.8. The van der Waals surface area contributed by atoms with E-state index in [-0.39, 0.29) is 23.0 Å². The minimum Gasteiger partial charge on any atom is -0.492 e. The molecular formula is C34H28F6O10. The SMILES string of the molecule is COC(=O)c1c(-c2cc(F)c(F)c(F)c2)c(OC)c(OC)c(OC)c1-c1c(OC)c(OC)c(OC)c(-c2cc(F)c(F)c(F)c2)c1C(=O)OC. The van der Waals surface area contributed by atoms with Crippen LogP contribution in [0.25, 0.3) is 33.4 Å². The highest BCUT2D eigenvalue weighted by Gasteiger charge is 2.40. The van der Waals surface area contributed by atoms with E-state index in [4.69, 9.17) is 37.9 Å². The third-order valence-electron chi connectivity index (χ3n) is 7.53. The van der Waals surface area contributed by atoms with Crippen molar-refractivity contribution in [1.29, 1.82) is 0 Å². The second-order valence-corrected chi connectivity index (χ2v) is 9.94. The van der Waals surface area contributed by atoms with E-state index >= 15 is 0 Å². The van der Waals surface area contributed by atoms with Gasteiger partial charge in [0.2, 0.25) is 11.5 Å². The quantitative estimate of drug-likeness (QED) is 0.0905. The van der Waals surface area contributed by atoms with Crippen LogP contribution >= 0.6 is 0 Å². The molecule has 4 aromatic rings. The lowest BCUT2D eigenvalue weighted by Crippen LogP contribution is -2.15. The normalized spacial score (nSPS) is 10.8. The Hall–Kier alpha value is -5.80. The first kappa shape index (κ1) is 37.0. The molecule has 0 saturated heterocycles. The summed E-state index contributed by atoms with van der Waals surface area (Å²) in [5.74, 6) is -15.0. The number of esters is 2. The Morgan fingerprint density at radius 2 is 0.640 bits per heavy atom. The molecule has 0 spiro atoms. The molecule has 4 aromatic carbocycles. The number of rotatable bonds is 11. The molecule has 0 saturated carbocycles. The second kappa shape index (κ2) is 14.8. The highest BCUT2D eigenvalue weighted by molar-refractivity contribution is 6.15. The molecule has 0 aromatic heterocycles. The van der Waals surface area contributed by atoms with Gasteiger partial charge in [0.05, 0.1) is 68.0 Å². The van der Waals surface area contributed by atoms with Crippen LogP contribution < -0.4 is 28.4 Å². The van der Waals surface area contributed by atoms with Crippen LogP contribution in [0, 0.1) is 34.9 Å². The van der Waals surface area contributed by atoms with E-state index in [2.05, 4.69) is 0 Å². The summed E-state index contributed by atoms with van der Waals surface area (Å²) in [6.45, 7) is 0. The Morgan fingerprint density at radius 1 is 0.400 bits per heavy atom. The van der Waals surface area contributed by atoms with E-state index in [9.17, 15) is 35.9 Å². The van der Waals surface area contributed by atoms with E-state index in [0.29, 0.717) is 24.3 Å². The van der Waals surface area contributed by atoms with E-state index in [1.54, 1.807) is 0 Å². The van der Waals surface area contributed by atoms with Crippen LogP contribution in [0.5, 0.6) is 34.5 Å². The van der Waals surface area contributed by atoms with Crippen molar-refractivity contribution >= 4 is 11.9 Å². The zero-order valence-corrected chi connectivity index (χ0v) is 27.7. The van der Waals surface area contributed by atoms with Gasteiger partial charge < -0.3 is 37.9 Å². The van der Waals surface area contributed by atoms with Crippen molar-refractivity contribution in [2.24, 2.45) is 0 Å². The van der Waals surface area contributed by atoms with Crippen LogP contribution in [-0.2, 0) is 9.47 Å². The molecule has 0 aliphatic rings. The second-order valence-electron chi connectivity index (χ2n) is 9.94. The molecule has 0 bridgehead atoms. The molecule has 266 valence electrons. The molecule has 0 amide bonds. The van der Waals surface area contributed by atoms with Gasteiger partial charge in [0, 0.05) is 22.3 Å². The number of carbonyl (C=O) groups excluding carboxylic acids is 2. The summed E-state index contributed by atoms with van der Waals surface area (Å²) in [6.07, 6.45) is 0. The Labute approximate surface area is 280 Å². The first-order valence-corrected chi connectivity index (χ1v) is 14.0. The highest BCUT2D eigenvalue weighted by Crippen LogP contribution is 2.60. The fourth-order valence-corrected chi connectivity index (χ4v) is 5.55. The lowest BCUT2D eigenvalue weighted by Gasteiger charge is -2.27. The summed E-state index contributed by atoms with van der Waals surface area (Å²) in [5, 5.41) is 0. The van der Waals surface area contributed by atoms with E-state index in [1.165, 1.54) is 0 Å². The Kier molecular flexibility index (Phi) is 10.9. The van der Waals surface area contributed by atoms with Crippen LogP contribution in [0.3, 0.4) is 0 Å². The van der Waals surface area contributed by atoms with Crippen molar-refractivity contribution in [1.82, 2.24) is 0 Å². The first-order chi connectivity index (χ1) is 23.8. The Morgan fingerprint density at radius 3 is 0.860 bits per heavy atom. The van der Waals surface area contributed by atoms with Gasteiger partial charge in [-0.2, -0.15) is 0 Å². The third kappa shape index (κ3) is 5.90. The predicted octanol–water partition coefficient (Wildman–Crippen LogP) is 7.15. The summed E-state index contributed by atoms with van der Waals surface area (Å²) in [7, 11) is 8.65. The van der Waals surface area contributed by atoms with E-state index < -0.39 is 103 Å². The van der Waals surface area contributed by atoms with Crippen LogP contribution in [0.1, 0.15) is 20.7 Å². The molecule has 0 aliphatic carbocycles. The lowest BCUT2D eigenvalue weighted by molar-refractivity contribution is 0.0590. The largest absolute Gasteiger partial charge is 0.492 e. The third-order valence-corrected chi connectivity index (χ3v) is 7.53. The summed E-state index contributed by atoms with van der Waals surface area (Å²) in [5.41, 5.74) is -4.10. The lowest BCUT2D eigenvalue weighted by atomic mass is 9.83. The molecule has 0 unspecified atom stereocenters. The first-order valence-electron chi connectivity index (χ1n) is 14.0. The molecule has 4 rings (SSSR count). The standard InChI is InChI=1S/C34H28F6O10/c1-43-27-19(13-9-15(35)25(39)16(36)10-13)23(33(41)49-7)21(29(45-3)31(27)47-5)22-24(34(42)50-8)20(14-11-17(37)26(40)18(38)12-14)28(44-2)32(48-6)30(22)46-4/h9-12H,1-8H3. The van der Waals surface area contributed by atoms with Gasteiger partial charge >= 0.3 is 11.9 Å². The number of benzene rings is 4. The summed E-state index contributed by atoms with van der Waals surface area (Å²) < 4.78 is 131. The molecule has 0 heterocycles. The molecule has 50 heavy (non-hydrogen) atoms. The van der Waals surface area contributed by atoms with Crippen molar-refractivity contribution in [3.8, 4) is 67.9 Å². The van der Waals surface area contributed by atoms with Gasteiger partial charge in [-0.3, -0.25) is 0 Å². The fourth-order valence-electron chi connectivity index (χ4n) is 5.55. The molecule has 0 fully saturated rings. The number of hydrogen-bond acceptors (Lipinski definition) is 10. The Balaban J connectivity index is 2.51. The topological polar surface area (TPSA) is 108 Å². The summed E-state index contributed by atoms with van der Waals surface area (Å²) >= 11 is 0. The minimum atomic E-state index is -1.83. The zero-order valence-electron chi connectivity index (χ0n) is 27.7. The van der Waals surface area contributed by atoms with Crippen molar-refractivity contribution in [3.63, 3.8) is 0 Å². The smallest absolute Gasteiger partial charge is 0.339 e. The molecule has 10 nitrogen and oxygen atoms in total. The number of halogens is 6. The number of ether oxygens (including phenoxy) is 8. The monoisotopic (exact) mass is 710 g/mol. The average Bonchev–Trinajstić information content (AvgIpc) is 3.12. The molecule has 0 radical (unpaired) electrons. The maximum atomic E-state index is 14.8. The summed E-state index contributed by atoms with van der Waals surface area (Å²) in [6, 6.07) is 2.23. The Bertz CT molecular complexity index is 1830. The van der Waals surface area contributed by atoms with E-state index in [1.807, 2.05) is 0 Å². The van der Waals surface area contributed by atoms with Crippen LogP contribution in [-0.4, -0.2) is 68.8 Å². The maximum absolute atomic E-state index is 14.8. The molecule has 16 heteroatoms. The number of methoxy groups -OCH3 is 8. The van der Waals surface area contributed by atoms with Gasteiger partial charge in [0.15, 0.2) is 57.9 Å². The predicted molar refractivity (Wildman–Crippen MR) is 164 cm³/mol. The molecule has 0 aliphatic heterocycles. The van der Waals surface area contributed by atoms with Crippen molar-refractivity contribution in [2.45, 2.75) is 0 Å². The molecule has 0 atom stereocenters. The minimum absolute atomic E-state index is 0.342. The van der Waals surface area contributed by atoms with Crippen LogP contribution in [0.15, 0.2) is 24.3 Å². The van der Waals surface area contributed by atoms with Gasteiger partial charge in [-0.1, -0.05) is 0 Å². The molecular weight excluding hydrogens is 682 g/mol. The van der Waals surface area contributed by atoms with Gasteiger partial charge in [0.25, 0.3) is 0 Å². The number of hydrogen-bond donors (Lipinski definition) is 0. The van der Waals surface area contributed by atoms with E-state index in [0.717, 1.165) is 56.9 Å². The molecule has 0 N–H and O–H groups in total. The van der Waals surface area contributed by atoms with Crippen LogP contribution in [0.4, 0.5) is 26.3 Å². The maximum Gasteiger partial charge on any atom is 0.339 e. The fraction of sp³-hybridized carbons (Fsp3) is 0.235. The highest BCUT2D eigenvalue weighted by atomic mass is 19.2. The van der Waals surface area contributed by atoms with Crippen LogP contribution in [0.2, 0.25) is 0 Å². The van der Waals surface area contributed by atoms with Gasteiger partial charge in [-0.05, 0) is 35.4 Å². The van der Waals surface area contributed by atoms with Crippen molar-refractivity contribution < 1.29 is 73.8 Å². The van der Waals surface area contributed by atoms with Gasteiger partial charge in [0.1, 0.15) is 0 Å². The van der Waals surface area contributed by atoms with Gasteiger partial charge in [-0.25, -0.2) is 35.9 Å². The van der Waals surface area contributed by atoms with Gasteiger partial charge in [-0.15, -0.1) is 0 Å². The zero-order chi connectivity index (χ0) is 37.2.